The van der Waals surface area contributed by atoms with Crippen LogP contribution in [0.2, 0.25) is 0 Å². The molecule has 1 amide bonds. The molecule has 0 unspecified atom stereocenters. The third kappa shape index (κ3) is 6.20. The summed E-state index contributed by atoms with van der Waals surface area (Å²) in [5, 5.41) is 7.06. The molecular formula is C30H38N6O3S. The minimum Gasteiger partial charge on any atom is -0.379 e. The van der Waals surface area contributed by atoms with Crippen LogP contribution in [-0.4, -0.2) is 72.0 Å². The molecular weight excluding hydrogens is 524 g/mol. The molecule has 0 aliphatic carbocycles. The minimum atomic E-state index is -0.192. The fourth-order valence-corrected chi connectivity index (χ4v) is 6.08. The molecule has 0 spiro atoms. The molecule has 40 heavy (non-hydrogen) atoms. The van der Waals surface area contributed by atoms with Gasteiger partial charge in [-0.05, 0) is 80.5 Å². The number of amides is 1. The number of hydrogen-bond donors (Lipinski definition) is 2. The fraction of sp³-hybridized carbons (Fsp3) is 0.433. The van der Waals surface area contributed by atoms with Crippen LogP contribution in [-0.2, 0) is 20.8 Å². The summed E-state index contributed by atoms with van der Waals surface area (Å²) in [5.74, 6) is -0.192. The predicted molar refractivity (Wildman–Crippen MR) is 161 cm³/mol. The Morgan fingerprint density at radius 3 is 2.62 bits per heavy atom. The van der Waals surface area contributed by atoms with E-state index in [4.69, 9.17) is 26.7 Å². The summed E-state index contributed by atoms with van der Waals surface area (Å²) in [6.07, 6.45) is 2.91. The van der Waals surface area contributed by atoms with Crippen molar-refractivity contribution in [1.29, 1.82) is 0 Å². The summed E-state index contributed by atoms with van der Waals surface area (Å²) >= 11 is 5.92. The number of methoxy groups -OCH3 is 1. The Morgan fingerprint density at radius 1 is 1.15 bits per heavy atom. The quantitative estimate of drug-likeness (QED) is 0.359. The standard InChI is InChI=1S/C30H38N6O3S/c1-21-19-25(22(2)35(21)14-6-13-34-15-17-39-18-16-34)29-28(26-7-4-5-12-31-26)33-30(40)36(29)24-10-8-23(9-11-24)32-27(37)20-38-3/h4-5,7-12,19,28-29H,6,13-18,20H2,1-3H3,(H,32,37)(H,33,40)/t28-,29-/m0/s1. The number of ether oxygens (including phenoxy) is 2. The predicted octanol–water partition coefficient (Wildman–Crippen LogP) is 3.98. The maximum atomic E-state index is 12.0. The molecule has 2 fully saturated rings. The lowest BCUT2D eigenvalue weighted by atomic mass is 9.96. The highest BCUT2D eigenvalue weighted by molar-refractivity contribution is 7.80. The van der Waals surface area contributed by atoms with Crippen LogP contribution in [0.25, 0.3) is 0 Å². The van der Waals surface area contributed by atoms with Crippen molar-refractivity contribution in [3.8, 4) is 0 Å². The lowest BCUT2D eigenvalue weighted by Crippen LogP contribution is -2.37. The summed E-state index contributed by atoms with van der Waals surface area (Å²) in [5.41, 5.74) is 6.30. The number of nitrogens with zero attached hydrogens (tertiary/aromatic N) is 4. The third-order valence-electron chi connectivity index (χ3n) is 7.69. The van der Waals surface area contributed by atoms with Gasteiger partial charge in [0.05, 0.1) is 31.0 Å². The SMILES string of the molecule is COCC(=O)Nc1ccc(N2C(=S)N[C@@H](c3ccccn3)[C@@H]2c2cc(C)n(CCCN3CCOCC3)c2C)cc1. The van der Waals surface area contributed by atoms with Gasteiger partial charge in [-0.15, -0.1) is 0 Å². The van der Waals surface area contributed by atoms with E-state index >= 15 is 0 Å². The molecule has 2 saturated heterocycles. The van der Waals surface area contributed by atoms with Crippen molar-refractivity contribution in [3.63, 3.8) is 0 Å². The van der Waals surface area contributed by atoms with Crippen LogP contribution in [0.5, 0.6) is 0 Å². The van der Waals surface area contributed by atoms with Gasteiger partial charge in [-0.3, -0.25) is 14.7 Å². The second-order valence-corrected chi connectivity index (χ2v) is 10.7. The van der Waals surface area contributed by atoms with Gasteiger partial charge in [0.2, 0.25) is 5.91 Å². The lowest BCUT2D eigenvalue weighted by molar-refractivity contribution is -0.119. The second-order valence-electron chi connectivity index (χ2n) is 10.3. The largest absolute Gasteiger partial charge is 0.379 e. The summed E-state index contributed by atoms with van der Waals surface area (Å²) in [7, 11) is 1.50. The van der Waals surface area contributed by atoms with Gasteiger partial charge in [0.25, 0.3) is 0 Å². The topological polar surface area (TPSA) is 83.9 Å². The third-order valence-corrected chi connectivity index (χ3v) is 8.01. The first kappa shape index (κ1) is 28.2. The number of aromatic nitrogens is 2. The second kappa shape index (κ2) is 12.9. The van der Waals surface area contributed by atoms with Crippen molar-refractivity contribution >= 4 is 34.6 Å². The number of aryl methyl sites for hydroxylation is 1. The normalized spacial score (nSPS) is 19.6. The van der Waals surface area contributed by atoms with E-state index in [0.717, 1.165) is 57.2 Å². The molecule has 1 aromatic carbocycles. The summed E-state index contributed by atoms with van der Waals surface area (Å²) < 4.78 is 12.9. The van der Waals surface area contributed by atoms with Crippen LogP contribution in [0.3, 0.4) is 0 Å². The van der Waals surface area contributed by atoms with Gasteiger partial charge >= 0.3 is 0 Å². The Morgan fingerprint density at radius 2 is 1.93 bits per heavy atom. The average Bonchev–Trinajstić information content (AvgIpc) is 3.45. The molecule has 2 aliphatic heterocycles. The number of carbonyl (C=O) groups excluding carboxylic acids is 1. The summed E-state index contributed by atoms with van der Waals surface area (Å²) in [6, 6.07) is 15.9. The van der Waals surface area contributed by atoms with Gasteiger partial charge in [0.1, 0.15) is 6.61 Å². The molecule has 5 rings (SSSR count). The molecule has 2 aliphatic rings. The number of morpholine rings is 1. The molecule has 2 aromatic heterocycles. The number of carbonyl (C=O) groups is 1. The number of nitrogens with one attached hydrogen (secondary N) is 2. The van der Waals surface area contributed by atoms with E-state index in [1.54, 1.807) is 0 Å². The van der Waals surface area contributed by atoms with E-state index < -0.39 is 0 Å². The van der Waals surface area contributed by atoms with Crippen LogP contribution in [0.1, 0.15) is 41.1 Å². The monoisotopic (exact) mass is 562 g/mol. The molecule has 0 radical (unpaired) electrons. The lowest BCUT2D eigenvalue weighted by Gasteiger charge is -2.28. The van der Waals surface area contributed by atoms with E-state index in [1.807, 2.05) is 48.7 Å². The molecule has 10 heteroatoms. The van der Waals surface area contributed by atoms with Crippen LogP contribution >= 0.6 is 12.2 Å². The smallest absolute Gasteiger partial charge is 0.250 e. The Kier molecular flexibility index (Phi) is 9.11. The first-order valence-electron chi connectivity index (χ1n) is 13.8. The maximum Gasteiger partial charge on any atom is 0.250 e. The Hall–Kier alpha value is -3.31. The Labute approximate surface area is 241 Å². The van der Waals surface area contributed by atoms with Gasteiger partial charge in [-0.2, -0.15) is 0 Å². The highest BCUT2D eigenvalue weighted by Gasteiger charge is 2.42. The molecule has 4 heterocycles. The molecule has 2 atom stereocenters. The Bertz CT molecular complexity index is 1310. The molecule has 212 valence electrons. The Balaban J connectivity index is 1.43. The van der Waals surface area contributed by atoms with E-state index in [-0.39, 0.29) is 24.6 Å². The van der Waals surface area contributed by atoms with Crippen molar-refractivity contribution in [2.24, 2.45) is 0 Å². The van der Waals surface area contributed by atoms with Crippen LogP contribution in [0, 0.1) is 13.8 Å². The zero-order chi connectivity index (χ0) is 28.1. The van der Waals surface area contributed by atoms with Gasteiger partial charge in [0.15, 0.2) is 5.11 Å². The number of benzene rings is 1. The number of pyridine rings is 1. The molecule has 3 aromatic rings. The van der Waals surface area contributed by atoms with Crippen molar-refractivity contribution in [1.82, 2.24) is 19.8 Å². The van der Waals surface area contributed by atoms with Crippen molar-refractivity contribution < 1.29 is 14.3 Å². The summed E-state index contributed by atoms with van der Waals surface area (Å²) in [6.45, 7) is 10.1. The molecule has 0 saturated carbocycles. The van der Waals surface area contributed by atoms with Gasteiger partial charge in [-0.1, -0.05) is 6.07 Å². The average molecular weight is 563 g/mol. The van der Waals surface area contributed by atoms with E-state index in [1.165, 1.54) is 24.1 Å². The van der Waals surface area contributed by atoms with Gasteiger partial charge in [-0.25, -0.2) is 0 Å². The minimum absolute atomic E-state index is 0.0117. The zero-order valence-corrected chi connectivity index (χ0v) is 24.2. The highest BCUT2D eigenvalue weighted by Crippen LogP contribution is 2.43. The molecule has 0 bridgehead atoms. The highest BCUT2D eigenvalue weighted by atomic mass is 32.1. The van der Waals surface area contributed by atoms with Crippen molar-refractivity contribution in [2.75, 3.05) is 56.8 Å². The fourth-order valence-electron chi connectivity index (χ4n) is 5.73. The maximum absolute atomic E-state index is 12.0. The van der Waals surface area contributed by atoms with Gasteiger partial charge < -0.3 is 29.6 Å². The number of anilines is 2. The molecule has 9 nitrogen and oxygen atoms in total. The van der Waals surface area contributed by atoms with Crippen LogP contribution < -0.4 is 15.5 Å². The van der Waals surface area contributed by atoms with E-state index in [0.29, 0.717) is 10.8 Å². The van der Waals surface area contributed by atoms with Gasteiger partial charge in [0, 0.05) is 62.2 Å². The number of thiocarbonyl (C=S) groups is 1. The van der Waals surface area contributed by atoms with Crippen LogP contribution in [0.4, 0.5) is 11.4 Å². The zero-order valence-electron chi connectivity index (χ0n) is 23.4. The van der Waals surface area contributed by atoms with Crippen LogP contribution in [0.15, 0.2) is 54.7 Å². The van der Waals surface area contributed by atoms with Crippen molar-refractivity contribution in [2.45, 2.75) is 38.9 Å². The first-order chi connectivity index (χ1) is 19.5. The summed E-state index contributed by atoms with van der Waals surface area (Å²) in [4.78, 5) is 21.3. The molecule has 2 N–H and O–H groups in total. The number of hydrogen-bond acceptors (Lipinski definition) is 6. The number of rotatable bonds is 10. The van der Waals surface area contributed by atoms with E-state index in [2.05, 4.69) is 44.9 Å². The van der Waals surface area contributed by atoms with Crippen molar-refractivity contribution in [3.05, 3.63) is 77.4 Å². The van der Waals surface area contributed by atoms with E-state index in [9.17, 15) is 4.79 Å². The first-order valence-corrected chi connectivity index (χ1v) is 14.2.